The molecular formula is C14H15N3O4. The molecule has 2 aliphatic heterocycles. The number of hydrogen-bond donors (Lipinski definition) is 2. The molecule has 0 atom stereocenters. The van der Waals surface area contributed by atoms with E-state index < -0.39 is 23.3 Å². The van der Waals surface area contributed by atoms with Crippen molar-refractivity contribution in [1.82, 2.24) is 4.90 Å². The highest BCUT2D eigenvalue weighted by molar-refractivity contribution is 6.31. The smallest absolute Gasteiger partial charge is 0.270 e. The molecule has 2 aliphatic rings. The van der Waals surface area contributed by atoms with Crippen molar-refractivity contribution in [2.75, 3.05) is 18.9 Å². The fourth-order valence-corrected chi connectivity index (χ4v) is 2.67. The highest BCUT2D eigenvalue weighted by Gasteiger charge is 2.48. The van der Waals surface area contributed by atoms with Crippen LogP contribution in [0.4, 0.5) is 5.69 Å². The zero-order chi connectivity index (χ0) is 15.2. The van der Waals surface area contributed by atoms with Crippen LogP contribution >= 0.6 is 0 Å². The number of anilines is 1. The van der Waals surface area contributed by atoms with Gasteiger partial charge in [-0.1, -0.05) is 6.07 Å². The Kier molecular flexibility index (Phi) is 3.03. The third-order valence-electron chi connectivity index (χ3n) is 3.96. The first kappa shape index (κ1) is 13.7. The molecule has 0 aliphatic carbocycles. The van der Waals surface area contributed by atoms with E-state index in [0.717, 1.165) is 0 Å². The van der Waals surface area contributed by atoms with Gasteiger partial charge in [0.15, 0.2) is 0 Å². The number of ether oxygens (including phenoxy) is 1. The third-order valence-corrected chi connectivity index (χ3v) is 3.96. The summed E-state index contributed by atoms with van der Waals surface area (Å²) in [6.45, 7) is 0.654. The minimum absolute atomic E-state index is 0.0755. The summed E-state index contributed by atoms with van der Waals surface area (Å²) in [6, 6.07) is 4.57. The van der Waals surface area contributed by atoms with Crippen LogP contribution in [0.2, 0.25) is 0 Å². The van der Waals surface area contributed by atoms with Gasteiger partial charge in [0.25, 0.3) is 17.7 Å². The summed E-state index contributed by atoms with van der Waals surface area (Å²) >= 11 is 0. The molecule has 1 aromatic rings. The normalized spacial score (nSPS) is 20.5. The highest BCUT2D eigenvalue weighted by atomic mass is 16.5. The minimum atomic E-state index is -1.25. The lowest BCUT2D eigenvalue weighted by atomic mass is 9.89. The fourth-order valence-electron chi connectivity index (χ4n) is 2.67. The Hall–Kier alpha value is -2.25. The van der Waals surface area contributed by atoms with E-state index in [4.69, 9.17) is 16.2 Å². The maximum Gasteiger partial charge on any atom is 0.270 e. The van der Waals surface area contributed by atoms with E-state index >= 15 is 0 Å². The summed E-state index contributed by atoms with van der Waals surface area (Å²) in [7, 11) is 0. The van der Waals surface area contributed by atoms with Gasteiger partial charge in [0.1, 0.15) is 5.54 Å². The lowest BCUT2D eigenvalue weighted by Gasteiger charge is -2.33. The van der Waals surface area contributed by atoms with Crippen LogP contribution < -0.4 is 11.5 Å². The monoisotopic (exact) mass is 289 g/mol. The number of rotatable bonds is 1. The number of benzene rings is 1. The van der Waals surface area contributed by atoms with E-state index in [0.29, 0.717) is 18.1 Å². The zero-order valence-corrected chi connectivity index (χ0v) is 11.3. The summed E-state index contributed by atoms with van der Waals surface area (Å²) in [5, 5.41) is 0. The van der Waals surface area contributed by atoms with Crippen LogP contribution in [-0.4, -0.2) is 41.4 Å². The molecule has 1 aromatic carbocycles. The van der Waals surface area contributed by atoms with E-state index in [1.807, 2.05) is 0 Å². The number of hydrogen-bond acceptors (Lipinski definition) is 6. The van der Waals surface area contributed by atoms with Crippen LogP contribution in [0.3, 0.4) is 0 Å². The molecule has 4 N–H and O–H groups in total. The first-order valence-corrected chi connectivity index (χ1v) is 6.64. The molecule has 0 saturated carbocycles. The Bertz CT molecular complexity index is 650. The summed E-state index contributed by atoms with van der Waals surface area (Å²) in [5.74, 6) is -2.05. The molecular weight excluding hydrogens is 274 g/mol. The summed E-state index contributed by atoms with van der Waals surface area (Å²) in [6.07, 6.45) is 0.545. The highest BCUT2D eigenvalue weighted by Crippen LogP contribution is 2.31. The quantitative estimate of drug-likeness (QED) is 0.551. The van der Waals surface area contributed by atoms with Gasteiger partial charge >= 0.3 is 0 Å². The van der Waals surface area contributed by atoms with E-state index in [2.05, 4.69) is 0 Å². The van der Waals surface area contributed by atoms with Crippen molar-refractivity contribution < 1.29 is 19.1 Å². The second-order valence-corrected chi connectivity index (χ2v) is 5.29. The van der Waals surface area contributed by atoms with Crippen molar-refractivity contribution in [3.05, 3.63) is 29.3 Å². The van der Waals surface area contributed by atoms with Gasteiger partial charge in [0, 0.05) is 18.9 Å². The number of nitrogens with two attached hydrogens (primary N) is 2. The Balaban J connectivity index is 1.98. The molecule has 110 valence electrons. The largest absolute Gasteiger partial charge is 0.398 e. The molecule has 0 radical (unpaired) electrons. The predicted molar refractivity (Wildman–Crippen MR) is 73.3 cm³/mol. The third kappa shape index (κ3) is 1.93. The first-order valence-electron chi connectivity index (χ1n) is 6.64. The average Bonchev–Trinajstić information content (AvgIpc) is 2.72. The first-order chi connectivity index (χ1) is 9.96. The molecule has 1 fully saturated rings. The Morgan fingerprint density at radius 2 is 1.86 bits per heavy atom. The van der Waals surface area contributed by atoms with Crippen LogP contribution in [0.1, 0.15) is 33.6 Å². The zero-order valence-electron chi connectivity index (χ0n) is 11.3. The summed E-state index contributed by atoms with van der Waals surface area (Å²) in [4.78, 5) is 37.9. The molecule has 21 heavy (non-hydrogen) atoms. The summed E-state index contributed by atoms with van der Waals surface area (Å²) < 4.78 is 5.17. The van der Waals surface area contributed by atoms with Crippen LogP contribution in [-0.2, 0) is 9.53 Å². The molecule has 0 spiro atoms. The van der Waals surface area contributed by atoms with Crippen molar-refractivity contribution >= 4 is 23.4 Å². The maximum absolute atomic E-state index is 12.6. The number of carbonyl (C=O) groups excluding carboxylic acids is 3. The average molecular weight is 289 g/mol. The van der Waals surface area contributed by atoms with Gasteiger partial charge < -0.3 is 16.2 Å². The van der Waals surface area contributed by atoms with Crippen molar-refractivity contribution in [2.45, 2.75) is 18.4 Å². The molecule has 0 unspecified atom stereocenters. The van der Waals surface area contributed by atoms with Crippen molar-refractivity contribution in [1.29, 1.82) is 0 Å². The molecule has 7 heteroatoms. The maximum atomic E-state index is 12.6. The van der Waals surface area contributed by atoms with Gasteiger partial charge in [-0.25, -0.2) is 4.90 Å². The second-order valence-electron chi connectivity index (χ2n) is 5.29. The van der Waals surface area contributed by atoms with Gasteiger partial charge in [-0.2, -0.15) is 0 Å². The van der Waals surface area contributed by atoms with E-state index in [1.54, 1.807) is 6.07 Å². The minimum Gasteiger partial charge on any atom is -0.398 e. The number of amides is 3. The van der Waals surface area contributed by atoms with E-state index in [9.17, 15) is 14.4 Å². The van der Waals surface area contributed by atoms with Gasteiger partial charge in [-0.3, -0.25) is 14.4 Å². The number of nitrogens with zero attached hydrogens (tertiary/aromatic N) is 1. The molecule has 0 aromatic heterocycles. The van der Waals surface area contributed by atoms with Crippen LogP contribution in [0, 0.1) is 0 Å². The number of imide groups is 3. The Labute approximate surface area is 120 Å². The predicted octanol–water partition coefficient (Wildman–Crippen LogP) is -0.101. The molecule has 7 nitrogen and oxygen atoms in total. The van der Waals surface area contributed by atoms with Crippen LogP contribution in [0.25, 0.3) is 0 Å². The van der Waals surface area contributed by atoms with Gasteiger partial charge in [0.2, 0.25) is 0 Å². The molecule has 3 amide bonds. The molecule has 1 saturated heterocycles. The van der Waals surface area contributed by atoms with Gasteiger partial charge in [-0.05, 0) is 25.0 Å². The number of carbonyl (C=O) groups is 3. The number of fused-ring (bicyclic) bond motifs is 1. The van der Waals surface area contributed by atoms with Crippen molar-refractivity contribution in [3.8, 4) is 0 Å². The SMILES string of the molecule is Nc1cccc2c1C(=O)N(C(=O)C1(N)CCOCC1)C2=O. The molecule has 0 bridgehead atoms. The lowest BCUT2D eigenvalue weighted by molar-refractivity contribution is -0.135. The van der Waals surface area contributed by atoms with Crippen LogP contribution in [0.5, 0.6) is 0 Å². The van der Waals surface area contributed by atoms with Gasteiger partial charge in [-0.15, -0.1) is 0 Å². The summed E-state index contributed by atoms with van der Waals surface area (Å²) in [5.41, 5.74) is 11.0. The van der Waals surface area contributed by atoms with Crippen LogP contribution in [0.15, 0.2) is 18.2 Å². The van der Waals surface area contributed by atoms with Gasteiger partial charge in [0.05, 0.1) is 11.1 Å². The lowest BCUT2D eigenvalue weighted by Crippen LogP contribution is -2.59. The topological polar surface area (TPSA) is 116 Å². The van der Waals surface area contributed by atoms with E-state index in [-0.39, 0.29) is 29.7 Å². The van der Waals surface area contributed by atoms with Crippen molar-refractivity contribution in [3.63, 3.8) is 0 Å². The fraction of sp³-hybridized carbons (Fsp3) is 0.357. The molecule has 2 heterocycles. The number of nitrogen functional groups attached to an aromatic ring is 1. The van der Waals surface area contributed by atoms with E-state index in [1.165, 1.54) is 12.1 Å². The standard InChI is InChI=1S/C14H15N3O4/c15-9-3-1-2-8-10(9)12(19)17(11(8)18)13(20)14(16)4-6-21-7-5-14/h1-3H,4-7,15-16H2. The Morgan fingerprint density at radius 1 is 1.19 bits per heavy atom. The van der Waals surface area contributed by atoms with Crippen molar-refractivity contribution in [2.24, 2.45) is 5.73 Å². The Morgan fingerprint density at radius 3 is 2.48 bits per heavy atom. The molecule has 3 rings (SSSR count). The second kappa shape index (κ2) is 4.64.